The zero-order valence-corrected chi connectivity index (χ0v) is 10.0. The number of amides is 3. The summed E-state index contributed by atoms with van der Waals surface area (Å²) < 4.78 is 0. The highest BCUT2D eigenvalue weighted by Crippen LogP contribution is 2.18. The van der Waals surface area contributed by atoms with Crippen molar-refractivity contribution >= 4 is 22.8 Å². The van der Waals surface area contributed by atoms with Crippen molar-refractivity contribution in [1.82, 2.24) is 9.88 Å². The van der Waals surface area contributed by atoms with Gasteiger partial charge in [0.2, 0.25) is 5.91 Å². The van der Waals surface area contributed by atoms with Gasteiger partial charge in [-0.1, -0.05) is 18.2 Å². The highest BCUT2D eigenvalue weighted by Gasteiger charge is 2.14. The lowest BCUT2D eigenvalue weighted by atomic mass is 10.1. The summed E-state index contributed by atoms with van der Waals surface area (Å²) in [6.07, 6.45) is 3.76. The van der Waals surface area contributed by atoms with Crippen molar-refractivity contribution in [3.05, 3.63) is 42.4 Å². The van der Waals surface area contributed by atoms with Crippen LogP contribution in [0.5, 0.6) is 0 Å². The van der Waals surface area contributed by atoms with E-state index < -0.39 is 11.9 Å². The van der Waals surface area contributed by atoms with Crippen LogP contribution in [0, 0.1) is 6.42 Å². The molecule has 1 aromatic heterocycles. The van der Waals surface area contributed by atoms with E-state index in [9.17, 15) is 9.59 Å². The van der Waals surface area contributed by atoms with Crippen molar-refractivity contribution in [2.24, 2.45) is 5.73 Å². The molecule has 3 amide bonds. The fourth-order valence-corrected chi connectivity index (χ4v) is 1.74. The first-order chi connectivity index (χ1) is 8.59. The first-order valence-corrected chi connectivity index (χ1v) is 5.55. The van der Waals surface area contributed by atoms with Crippen LogP contribution in [0.15, 0.2) is 30.5 Å². The van der Waals surface area contributed by atoms with Gasteiger partial charge in [0.25, 0.3) is 0 Å². The van der Waals surface area contributed by atoms with E-state index in [1.54, 1.807) is 0 Å². The van der Waals surface area contributed by atoms with Gasteiger partial charge >= 0.3 is 6.03 Å². The van der Waals surface area contributed by atoms with Crippen LogP contribution in [0.25, 0.3) is 10.9 Å². The number of nitrogens with one attached hydrogen (secondary N) is 1. The van der Waals surface area contributed by atoms with Crippen LogP contribution in [0.3, 0.4) is 0 Å². The van der Waals surface area contributed by atoms with Crippen molar-refractivity contribution in [2.75, 3.05) is 7.05 Å². The SMILES string of the molecule is CN(C(N)=O)C(=O)[CH]Cc1c[nH]c2ccccc12. The minimum Gasteiger partial charge on any atom is -0.361 e. The first-order valence-electron chi connectivity index (χ1n) is 5.55. The maximum atomic E-state index is 11.6. The van der Waals surface area contributed by atoms with Gasteiger partial charge in [0.15, 0.2) is 0 Å². The normalized spacial score (nSPS) is 10.5. The van der Waals surface area contributed by atoms with E-state index in [-0.39, 0.29) is 0 Å². The zero-order chi connectivity index (χ0) is 13.1. The predicted molar refractivity (Wildman–Crippen MR) is 68.7 cm³/mol. The molecular formula is C13H14N3O2. The predicted octanol–water partition coefficient (Wildman–Crippen LogP) is 1.45. The Labute approximate surface area is 105 Å². The molecule has 0 bridgehead atoms. The van der Waals surface area contributed by atoms with Gasteiger partial charge in [-0.2, -0.15) is 0 Å². The Morgan fingerprint density at radius 2 is 2.11 bits per heavy atom. The van der Waals surface area contributed by atoms with Gasteiger partial charge < -0.3 is 10.7 Å². The summed E-state index contributed by atoms with van der Waals surface area (Å²) in [4.78, 5) is 26.4. The Morgan fingerprint density at radius 3 is 2.83 bits per heavy atom. The Bertz CT molecular complexity index is 589. The number of aromatic amines is 1. The number of H-pyrrole nitrogens is 1. The summed E-state index contributed by atoms with van der Waals surface area (Å²) in [5.74, 6) is -0.396. The van der Waals surface area contributed by atoms with Gasteiger partial charge in [-0.05, 0) is 18.1 Å². The monoisotopic (exact) mass is 244 g/mol. The lowest BCUT2D eigenvalue weighted by Gasteiger charge is -2.11. The summed E-state index contributed by atoms with van der Waals surface area (Å²) in [7, 11) is 1.36. The number of nitrogens with zero attached hydrogens (tertiary/aromatic N) is 1. The maximum Gasteiger partial charge on any atom is 0.321 e. The molecule has 5 heteroatoms. The number of benzene rings is 1. The van der Waals surface area contributed by atoms with Crippen molar-refractivity contribution in [1.29, 1.82) is 0 Å². The largest absolute Gasteiger partial charge is 0.361 e. The number of para-hydroxylation sites is 1. The van der Waals surface area contributed by atoms with E-state index in [0.717, 1.165) is 21.4 Å². The molecule has 0 fully saturated rings. The third kappa shape index (κ3) is 2.34. The van der Waals surface area contributed by atoms with Crippen molar-refractivity contribution in [3.8, 4) is 0 Å². The fraction of sp³-hybridized carbons (Fsp3) is 0.154. The molecule has 0 saturated heterocycles. The van der Waals surface area contributed by atoms with Gasteiger partial charge in [-0.25, -0.2) is 4.79 Å². The number of primary amides is 1. The smallest absolute Gasteiger partial charge is 0.321 e. The number of carbonyl (C=O) groups is 2. The minimum atomic E-state index is -0.754. The van der Waals surface area contributed by atoms with E-state index in [0.29, 0.717) is 6.42 Å². The van der Waals surface area contributed by atoms with Crippen LogP contribution in [-0.2, 0) is 11.2 Å². The quantitative estimate of drug-likeness (QED) is 0.857. The van der Waals surface area contributed by atoms with Crippen molar-refractivity contribution in [3.63, 3.8) is 0 Å². The molecule has 1 heterocycles. The van der Waals surface area contributed by atoms with E-state index in [2.05, 4.69) is 4.98 Å². The average Bonchev–Trinajstić information content (AvgIpc) is 2.78. The minimum absolute atomic E-state index is 0.396. The number of nitrogens with two attached hydrogens (primary N) is 1. The molecule has 1 radical (unpaired) electrons. The molecule has 3 N–H and O–H groups in total. The molecular weight excluding hydrogens is 230 g/mol. The number of carbonyl (C=O) groups excluding carboxylic acids is 2. The highest BCUT2D eigenvalue weighted by atomic mass is 16.2. The van der Waals surface area contributed by atoms with Crippen LogP contribution in [-0.4, -0.2) is 28.9 Å². The van der Waals surface area contributed by atoms with Gasteiger partial charge in [0.05, 0.1) is 6.42 Å². The number of hydrogen-bond acceptors (Lipinski definition) is 2. The van der Waals surface area contributed by atoms with E-state index in [1.165, 1.54) is 13.5 Å². The summed E-state index contributed by atoms with van der Waals surface area (Å²) in [5.41, 5.74) is 7.05. The summed E-state index contributed by atoms with van der Waals surface area (Å²) in [6, 6.07) is 7.08. The fourth-order valence-electron chi connectivity index (χ4n) is 1.74. The van der Waals surface area contributed by atoms with Crippen LogP contribution >= 0.6 is 0 Å². The number of imide groups is 1. The molecule has 18 heavy (non-hydrogen) atoms. The van der Waals surface area contributed by atoms with Gasteiger partial charge in [0, 0.05) is 24.1 Å². The summed E-state index contributed by atoms with van der Waals surface area (Å²) >= 11 is 0. The standard InChI is InChI=1S/C13H14N3O2/c1-16(13(14)18)12(17)7-6-9-8-15-11-5-3-2-4-10(9)11/h2-5,7-8,15H,6H2,1H3,(H2,14,18). The second-order valence-electron chi connectivity index (χ2n) is 4.00. The summed E-state index contributed by atoms with van der Waals surface area (Å²) in [5, 5.41) is 1.07. The van der Waals surface area contributed by atoms with Crippen LogP contribution in [0.2, 0.25) is 0 Å². The number of fused-ring (bicyclic) bond motifs is 1. The van der Waals surface area contributed by atoms with Crippen LogP contribution in [0.4, 0.5) is 4.79 Å². The molecule has 2 aromatic rings. The zero-order valence-electron chi connectivity index (χ0n) is 10.0. The van der Waals surface area contributed by atoms with Crippen LogP contribution < -0.4 is 5.73 Å². The van der Waals surface area contributed by atoms with E-state index in [1.807, 2.05) is 30.5 Å². The molecule has 0 unspecified atom stereocenters. The number of aromatic nitrogens is 1. The van der Waals surface area contributed by atoms with Gasteiger partial charge in [0.1, 0.15) is 0 Å². The van der Waals surface area contributed by atoms with E-state index >= 15 is 0 Å². The maximum absolute atomic E-state index is 11.6. The number of rotatable bonds is 3. The lowest BCUT2D eigenvalue weighted by molar-refractivity contribution is -0.123. The van der Waals surface area contributed by atoms with Gasteiger partial charge in [-0.3, -0.25) is 9.69 Å². The molecule has 1 aromatic carbocycles. The lowest BCUT2D eigenvalue weighted by Crippen LogP contribution is -2.37. The Kier molecular flexibility index (Phi) is 3.32. The average molecular weight is 244 g/mol. The molecule has 0 spiro atoms. The second-order valence-corrected chi connectivity index (χ2v) is 4.00. The van der Waals surface area contributed by atoms with Crippen molar-refractivity contribution < 1.29 is 9.59 Å². The molecule has 2 rings (SSSR count). The summed E-state index contributed by atoms with van der Waals surface area (Å²) in [6.45, 7) is 0. The third-order valence-corrected chi connectivity index (χ3v) is 2.83. The molecule has 93 valence electrons. The molecule has 0 saturated carbocycles. The van der Waals surface area contributed by atoms with Crippen LogP contribution in [0.1, 0.15) is 5.56 Å². The molecule has 0 aliphatic carbocycles. The molecule has 0 atom stereocenters. The highest BCUT2D eigenvalue weighted by molar-refractivity contribution is 5.98. The Balaban J connectivity index is 2.07. The third-order valence-electron chi connectivity index (χ3n) is 2.83. The Morgan fingerprint density at radius 1 is 1.39 bits per heavy atom. The molecule has 5 nitrogen and oxygen atoms in total. The number of urea groups is 1. The first kappa shape index (κ1) is 12.2. The van der Waals surface area contributed by atoms with Crippen molar-refractivity contribution in [2.45, 2.75) is 6.42 Å². The Hall–Kier alpha value is -2.30. The van der Waals surface area contributed by atoms with E-state index in [4.69, 9.17) is 5.73 Å². The molecule has 0 aliphatic rings. The number of hydrogen-bond donors (Lipinski definition) is 2. The van der Waals surface area contributed by atoms with Gasteiger partial charge in [-0.15, -0.1) is 0 Å². The molecule has 0 aliphatic heterocycles. The topological polar surface area (TPSA) is 79.2 Å². The second kappa shape index (κ2) is 4.91.